The average Bonchev–Trinajstić information content (AvgIpc) is 3.46. The lowest BCUT2D eigenvalue weighted by atomic mass is 10.1. The summed E-state index contributed by atoms with van der Waals surface area (Å²) in [5.74, 6) is 0.668. The lowest BCUT2D eigenvalue weighted by molar-refractivity contribution is -0.132. The molecule has 1 aromatic carbocycles. The van der Waals surface area contributed by atoms with Gasteiger partial charge in [0.25, 0.3) is 0 Å². The molecule has 1 unspecified atom stereocenters. The molecule has 1 saturated heterocycles. The van der Waals surface area contributed by atoms with Crippen LogP contribution >= 0.6 is 0 Å². The van der Waals surface area contributed by atoms with E-state index in [0.29, 0.717) is 12.5 Å². The molecule has 0 radical (unpaired) electrons. The Kier molecular flexibility index (Phi) is 6.88. The molecule has 1 heterocycles. The van der Waals surface area contributed by atoms with Gasteiger partial charge in [-0.2, -0.15) is 0 Å². The molecule has 1 N–H and O–H groups in total. The Morgan fingerprint density at radius 1 is 1.12 bits per heavy atom. The molecule has 1 aromatic rings. The fourth-order valence-corrected chi connectivity index (χ4v) is 3.29. The van der Waals surface area contributed by atoms with E-state index in [-0.39, 0.29) is 12.0 Å². The summed E-state index contributed by atoms with van der Waals surface area (Å²) in [5.41, 5.74) is 2.50. The summed E-state index contributed by atoms with van der Waals surface area (Å²) in [6.07, 6.45) is 7.53. The number of hydrogen-bond acceptors (Lipinski definition) is 3. The zero-order valence-corrected chi connectivity index (χ0v) is 15.5. The lowest BCUT2D eigenvalue weighted by Crippen LogP contribution is -2.34. The van der Waals surface area contributed by atoms with Gasteiger partial charge in [-0.05, 0) is 62.7 Å². The number of carbonyl (C=O) groups is 1. The summed E-state index contributed by atoms with van der Waals surface area (Å²) >= 11 is 0. The molecule has 25 heavy (non-hydrogen) atoms. The number of benzene rings is 1. The van der Waals surface area contributed by atoms with Crippen molar-refractivity contribution in [3.8, 4) is 0 Å². The second-order valence-electron chi connectivity index (χ2n) is 7.64. The van der Waals surface area contributed by atoms with Crippen LogP contribution in [0.2, 0.25) is 0 Å². The largest absolute Gasteiger partial charge is 0.368 e. The van der Waals surface area contributed by atoms with Crippen LogP contribution in [0, 0.1) is 5.92 Å². The van der Waals surface area contributed by atoms with Gasteiger partial charge in [0.15, 0.2) is 0 Å². The standard InChI is InChI=1S/C21H32N2O2/c1-17(25-16-20-10-11-20)21(24)22-14-18-6-8-19(9-7-18)15-23-12-4-2-3-5-13-23/h6-9,17,20H,2-5,10-16H2,1H3,(H,22,24). The maximum Gasteiger partial charge on any atom is 0.249 e. The van der Waals surface area contributed by atoms with E-state index in [1.54, 1.807) is 0 Å². The molecule has 0 aromatic heterocycles. The van der Waals surface area contributed by atoms with Crippen LogP contribution in [0.5, 0.6) is 0 Å². The normalized spacial score (nSPS) is 20.0. The topological polar surface area (TPSA) is 41.6 Å². The van der Waals surface area contributed by atoms with Gasteiger partial charge in [-0.25, -0.2) is 0 Å². The summed E-state index contributed by atoms with van der Waals surface area (Å²) < 4.78 is 5.61. The molecule has 4 heteroatoms. The summed E-state index contributed by atoms with van der Waals surface area (Å²) in [6, 6.07) is 8.64. The fraction of sp³-hybridized carbons (Fsp3) is 0.667. The number of nitrogens with one attached hydrogen (secondary N) is 1. The molecule has 1 aliphatic carbocycles. The van der Waals surface area contributed by atoms with Crippen LogP contribution in [-0.4, -0.2) is 36.6 Å². The second kappa shape index (κ2) is 9.35. The maximum atomic E-state index is 12.1. The average molecular weight is 344 g/mol. The number of likely N-dealkylation sites (tertiary alicyclic amines) is 1. The van der Waals surface area contributed by atoms with Gasteiger partial charge in [0.05, 0.1) is 6.61 Å². The molecule has 3 rings (SSSR count). The Morgan fingerprint density at radius 2 is 1.76 bits per heavy atom. The minimum Gasteiger partial charge on any atom is -0.368 e. The van der Waals surface area contributed by atoms with E-state index in [9.17, 15) is 4.79 Å². The van der Waals surface area contributed by atoms with Gasteiger partial charge in [0, 0.05) is 13.1 Å². The van der Waals surface area contributed by atoms with Gasteiger partial charge in [-0.3, -0.25) is 9.69 Å². The zero-order valence-electron chi connectivity index (χ0n) is 15.5. The minimum absolute atomic E-state index is 0.0192. The Labute approximate surface area is 151 Å². The SMILES string of the molecule is CC(OCC1CC1)C(=O)NCc1ccc(CN2CCCCCC2)cc1. The monoisotopic (exact) mass is 344 g/mol. The van der Waals surface area contributed by atoms with Crippen LogP contribution in [-0.2, 0) is 22.6 Å². The van der Waals surface area contributed by atoms with Gasteiger partial charge in [0.1, 0.15) is 6.10 Å². The van der Waals surface area contributed by atoms with Gasteiger partial charge >= 0.3 is 0 Å². The van der Waals surface area contributed by atoms with Crippen LogP contribution in [0.1, 0.15) is 56.6 Å². The molecule has 1 amide bonds. The number of amides is 1. The number of carbonyl (C=O) groups excluding carboxylic acids is 1. The maximum absolute atomic E-state index is 12.1. The fourth-order valence-electron chi connectivity index (χ4n) is 3.29. The molecule has 2 fully saturated rings. The van der Waals surface area contributed by atoms with Crippen molar-refractivity contribution in [2.24, 2.45) is 5.92 Å². The number of hydrogen-bond donors (Lipinski definition) is 1. The summed E-state index contributed by atoms with van der Waals surface area (Å²) in [6.45, 7) is 6.60. The van der Waals surface area contributed by atoms with E-state index < -0.39 is 0 Å². The third-order valence-corrected chi connectivity index (χ3v) is 5.24. The molecule has 1 saturated carbocycles. The lowest BCUT2D eigenvalue weighted by Gasteiger charge is -2.20. The first kappa shape index (κ1) is 18.4. The first-order valence-electron chi connectivity index (χ1n) is 9.90. The van der Waals surface area contributed by atoms with Crippen molar-refractivity contribution in [2.75, 3.05) is 19.7 Å². The Hall–Kier alpha value is -1.39. The van der Waals surface area contributed by atoms with E-state index in [0.717, 1.165) is 18.7 Å². The molecule has 0 spiro atoms. The van der Waals surface area contributed by atoms with Crippen molar-refractivity contribution < 1.29 is 9.53 Å². The Bertz CT molecular complexity index is 531. The number of ether oxygens (including phenoxy) is 1. The van der Waals surface area contributed by atoms with Gasteiger partial charge in [0.2, 0.25) is 5.91 Å². The van der Waals surface area contributed by atoms with Crippen LogP contribution < -0.4 is 5.32 Å². The highest BCUT2D eigenvalue weighted by Crippen LogP contribution is 2.29. The molecular formula is C21H32N2O2. The second-order valence-corrected chi connectivity index (χ2v) is 7.64. The van der Waals surface area contributed by atoms with Gasteiger partial charge < -0.3 is 10.1 Å². The van der Waals surface area contributed by atoms with Crippen LogP contribution in [0.15, 0.2) is 24.3 Å². The molecular weight excluding hydrogens is 312 g/mol. The quantitative estimate of drug-likeness (QED) is 0.785. The molecule has 1 atom stereocenters. The van der Waals surface area contributed by atoms with Crippen LogP contribution in [0.25, 0.3) is 0 Å². The molecule has 2 aliphatic rings. The van der Waals surface area contributed by atoms with Crippen molar-refractivity contribution >= 4 is 5.91 Å². The summed E-state index contributed by atoms with van der Waals surface area (Å²) in [4.78, 5) is 14.6. The summed E-state index contributed by atoms with van der Waals surface area (Å²) in [5, 5.41) is 2.98. The third kappa shape index (κ3) is 6.44. The number of rotatable bonds is 8. The van der Waals surface area contributed by atoms with Crippen molar-refractivity contribution in [2.45, 2.75) is 64.6 Å². The van der Waals surface area contributed by atoms with Crippen LogP contribution in [0.3, 0.4) is 0 Å². The van der Waals surface area contributed by atoms with E-state index in [1.807, 2.05) is 6.92 Å². The van der Waals surface area contributed by atoms with Crippen molar-refractivity contribution in [1.29, 1.82) is 0 Å². The van der Waals surface area contributed by atoms with E-state index in [2.05, 4.69) is 34.5 Å². The van der Waals surface area contributed by atoms with E-state index in [4.69, 9.17) is 4.74 Å². The van der Waals surface area contributed by atoms with Gasteiger partial charge in [-0.15, -0.1) is 0 Å². The predicted octanol–water partition coefficient (Wildman–Crippen LogP) is 3.49. The van der Waals surface area contributed by atoms with Crippen molar-refractivity contribution in [3.05, 3.63) is 35.4 Å². The molecule has 138 valence electrons. The Morgan fingerprint density at radius 3 is 2.40 bits per heavy atom. The van der Waals surface area contributed by atoms with E-state index in [1.165, 1.54) is 57.2 Å². The molecule has 0 bridgehead atoms. The Balaban J connectivity index is 1.39. The third-order valence-electron chi connectivity index (χ3n) is 5.24. The molecule has 4 nitrogen and oxygen atoms in total. The zero-order chi connectivity index (χ0) is 17.5. The minimum atomic E-state index is -0.358. The highest BCUT2D eigenvalue weighted by atomic mass is 16.5. The molecule has 1 aliphatic heterocycles. The number of nitrogens with zero attached hydrogens (tertiary/aromatic N) is 1. The van der Waals surface area contributed by atoms with Crippen molar-refractivity contribution in [1.82, 2.24) is 10.2 Å². The highest BCUT2D eigenvalue weighted by Gasteiger charge is 2.23. The van der Waals surface area contributed by atoms with Gasteiger partial charge in [-0.1, -0.05) is 37.1 Å². The predicted molar refractivity (Wildman–Crippen MR) is 100 cm³/mol. The van der Waals surface area contributed by atoms with Crippen molar-refractivity contribution in [3.63, 3.8) is 0 Å². The first-order chi connectivity index (χ1) is 12.2. The summed E-state index contributed by atoms with van der Waals surface area (Å²) in [7, 11) is 0. The van der Waals surface area contributed by atoms with E-state index >= 15 is 0 Å². The smallest absolute Gasteiger partial charge is 0.249 e. The first-order valence-corrected chi connectivity index (χ1v) is 9.90. The highest BCUT2D eigenvalue weighted by molar-refractivity contribution is 5.80. The van der Waals surface area contributed by atoms with Crippen LogP contribution in [0.4, 0.5) is 0 Å².